The van der Waals surface area contributed by atoms with Gasteiger partial charge in [-0.15, -0.1) is 0 Å². The Morgan fingerprint density at radius 2 is 1.90 bits per heavy atom. The lowest BCUT2D eigenvalue weighted by Gasteiger charge is -2.46. The highest BCUT2D eigenvalue weighted by atomic mass is 16.5. The standard InChI is InChI=1S/C22H24N2O5/c1-22(2)10-14-17(15(26)11-22)16(12-4-6-13(25)7-5-12)18(21(28)29-3)19-20(27)23-8-9-24(14)19/h4-7,16,25H,8-11H2,1-3H3,(H,23,27). The third-order valence-corrected chi connectivity index (χ3v) is 5.79. The number of amides is 1. The van der Waals surface area contributed by atoms with Crippen LogP contribution in [0.5, 0.6) is 5.75 Å². The van der Waals surface area contributed by atoms with Crippen molar-refractivity contribution < 1.29 is 24.2 Å². The lowest BCUT2D eigenvalue weighted by molar-refractivity contribution is -0.137. The predicted molar refractivity (Wildman–Crippen MR) is 105 cm³/mol. The van der Waals surface area contributed by atoms with E-state index in [0.29, 0.717) is 37.1 Å². The number of carbonyl (C=O) groups excluding carboxylic acids is 3. The van der Waals surface area contributed by atoms with E-state index < -0.39 is 11.9 Å². The molecule has 0 saturated carbocycles. The van der Waals surface area contributed by atoms with Gasteiger partial charge in [-0.3, -0.25) is 9.59 Å². The molecule has 1 atom stereocenters. The van der Waals surface area contributed by atoms with Gasteiger partial charge in [-0.2, -0.15) is 0 Å². The minimum absolute atomic E-state index is 0.0271. The SMILES string of the molecule is COC(=O)C1=C2C(=O)NCCN2C2=C(C(=O)CC(C)(C)C2)C1c1ccc(O)cc1. The summed E-state index contributed by atoms with van der Waals surface area (Å²) in [7, 11) is 1.27. The topological polar surface area (TPSA) is 95.9 Å². The highest BCUT2D eigenvalue weighted by molar-refractivity contribution is 6.09. The Labute approximate surface area is 169 Å². The number of ketones is 1. The number of phenolic OH excluding ortho intramolecular Hbond substituents is 1. The van der Waals surface area contributed by atoms with Gasteiger partial charge in [-0.1, -0.05) is 26.0 Å². The number of hydrogen-bond acceptors (Lipinski definition) is 6. The van der Waals surface area contributed by atoms with Crippen LogP contribution in [0.4, 0.5) is 0 Å². The van der Waals surface area contributed by atoms with E-state index in [0.717, 1.165) is 5.70 Å². The Bertz CT molecular complexity index is 971. The van der Waals surface area contributed by atoms with Crippen LogP contribution in [0, 0.1) is 5.41 Å². The predicted octanol–water partition coefficient (Wildman–Crippen LogP) is 1.99. The normalized spacial score (nSPS) is 23.4. The second kappa shape index (κ2) is 6.76. The first-order valence-corrected chi connectivity index (χ1v) is 9.67. The molecule has 1 amide bonds. The number of carbonyl (C=O) groups is 3. The van der Waals surface area contributed by atoms with Gasteiger partial charge in [0.25, 0.3) is 5.91 Å². The van der Waals surface area contributed by atoms with Gasteiger partial charge in [0.15, 0.2) is 5.78 Å². The average molecular weight is 396 g/mol. The van der Waals surface area contributed by atoms with Crippen LogP contribution >= 0.6 is 0 Å². The molecule has 29 heavy (non-hydrogen) atoms. The number of ether oxygens (including phenoxy) is 1. The Morgan fingerprint density at radius 1 is 1.21 bits per heavy atom. The number of esters is 1. The first-order chi connectivity index (χ1) is 13.7. The van der Waals surface area contributed by atoms with Crippen molar-refractivity contribution in [2.45, 2.75) is 32.6 Å². The summed E-state index contributed by atoms with van der Waals surface area (Å²) in [5.74, 6) is -1.64. The fourth-order valence-corrected chi connectivity index (χ4v) is 4.61. The van der Waals surface area contributed by atoms with Crippen molar-refractivity contribution in [3.05, 3.63) is 52.4 Å². The smallest absolute Gasteiger partial charge is 0.337 e. The number of Topliss-reactive ketones (excluding diaryl/α,β-unsaturated/α-hetero) is 1. The molecule has 0 radical (unpaired) electrons. The van der Waals surface area contributed by atoms with Crippen molar-refractivity contribution in [1.29, 1.82) is 0 Å². The molecule has 0 spiro atoms. The molecule has 0 aromatic heterocycles. The van der Waals surface area contributed by atoms with Crippen LogP contribution < -0.4 is 5.32 Å². The van der Waals surface area contributed by atoms with E-state index in [1.165, 1.54) is 19.2 Å². The maximum absolute atomic E-state index is 13.3. The van der Waals surface area contributed by atoms with Crippen molar-refractivity contribution in [3.8, 4) is 5.75 Å². The number of fused-ring (bicyclic) bond motifs is 2. The molecule has 1 fully saturated rings. The van der Waals surface area contributed by atoms with Crippen LogP contribution in [0.15, 0.2) is 46.8 Å². The van der Waals surface area contributed by atoms with E-state index in [1.54, 1.807) is 12.1 Å². The summed E-state index contributed by atoms with van der Waals surface area (Å²) in [5, 5.41) is 12.5. The van der Waals surface area contributed by atoms with E-state index in [4.69, 9.17) is 4.74 Å². The van der Waals surface area contributed by atoms with Crippen molar-refractivity contribution in [1.82, 2.24) is 10.2 Å². The van der Waals surface area contributed by atoms with Crippen molar-refractivity contribution in [2.24, 2.45) is 5.41 Å². The molecule has 7 nitrogen and oxygen atoms in total. The maximum atomic E-state index is 13.3. The molecule has 2 heterocycles. The molecule has 1 unspecified atom stereocenters. The number of rotatable bonds is 2. The molecule has 2 aliphatic heterocycles. The van der Waals surface area contributed by atoms with Gasteiger partial charge >= 0.3 is 5.97 Å². The molecule has 1 saturated heterocycles. The van der Waals surface area contributed by atoms with Gasteiger partial charge in [0.1, 0.15) is 11.4 Å². The quantitative estimate of drug-likeness (QED) is 0.743. The third kappa shape index (κ3) is 3.10. The van der Waals surface area contributed by atoms with Crippen molar-refractivity contribution in [2.75, 3.05) is 20.2 Å². The summed E-state index contributed by atoms with van der Waals surface area (Å²) < 4.78 is 5.03. The zero-order valence-electron chi connectivity index (χ0n) is 16.7. The molecule has 1 aromatic rings. The Morgan fingerprint density at radius 3 is 2.55 bits per heavy atom. The molecule has 0 bridgehead atoms. The lowest BCUT2D eigenvalue weighted by Crippen LogP contribution is -2.51. The average Bonchev–Trinajstić information content (AvgIpc) is 2.67. The largest absolute Gasteiger partial charge is 0.508 e. The first-order valence-electron chi connectivity index (χ1n) is 9.67. The summed E-state index contributed by atoms with van der Waals surface area (Å²) in [4.78, 5) is 40.8. The molecule has 3 aliphatic rings. The highest BCUT2D eigenvalue weighted by Crippen LogP contribution is 2.50. The number of aromatic hydroxyl groups is 1. The minimum Gasteiger partial charge on any atom is -0.508 e. The fraction of sp³-hybridized carbons (Fsp3) is 0.409. The van der Waals surface area contributed by atoms with Gasteiger partial charge < -0.3 is 20.1 Å². The summed E-state index contributed by atoms with van der Waals surface area (Å²) in [6, 6.07) is 6.38. The van der Waals surface area contributed by atoms with E-state index in [1.807, 2.05) is 18.7 Å². The van der Waals surface area contributed by atoms with E-state index in [-0.39, 0.29) is 34.1 Å². The Hall–Kier alpha value is -3.09. The number of phenols is 1. The maximum Gasteiger partial charge on any atom is 0.337 e. The van der Waals surface area contributed by atoms with E-state index in [2.05, 4.69) is 5.32 Å². The molecule has 152 valence electrons. The van der Waals surface area contributed by atoms with Crippen LogP contribution in [0.2, 0.25) is 0 Å². The summed E-state index contributed by atoms with van der Waals surface area (Å²) >= 11 is 0. The lowest BCUT2D eigenvalue weighted by atomic mass is 9.68. The van der Waals surface area contributed by atoms with Crippen LogP contribution in [0.25, 0.3) is 0 Å². The third-order valence-electron chi connectivity index (χ3n) is 5.79. The van der Waals surface area contributed by atoms with Gasteiger partial charge in [-0.25, -0.2) is 4.79 Å². The Balaban J connectivity index is 2.01. The second-order valence-electron chi connectivity index (χ2n) is 8.49. The van der Waals surface area contributed by atoms with E-state index in [9.17, 15) is 19.5 Å². The highest BCUT2D eigenvalue weighted by Gasteiger charge is 2.48. The van der Waals surface area contributed by atoms with Crippen LogP contribution in [-0.2, 0) is 19.1 Å². The van der Waals surface area contributed by atoms with Gasteiger partial charge in [0.05, 0.1) is 12.7 Å². The van der Waals surface area contributed by atoms with E-state index >= 15 is 0 Å². The molecule has 2 N–H and O–H groups in total. The van der Waals surface area contributed by atoms with Crippen LogP contribution in [0.3, 0.4) is 0 Å². The summed E-state index contributed by atoms with van der Waals surface area (Å²) in [5.41, 5.74) is 2.20. The number of benzene rings is 1. The number of hydrogen-bond donors (Lipinski definition) is 2. The van der Waals surface area contributed by atoms with Gasteiger partial charge in [0.2, 0.25) is 0 Å². The van der Waals surface area contributed by atoms with Crippen LogP contribution in [-0.4, -0.2) is 47.9 Å². The van der Waals surface area contributed by atoms with Gasteiger partial charge in [0, 0.05) is 36.7 Å². The molecular weight excluding hydrogens is 372 g/mol. The second-order valence-corrected chi connectivity index (χ2v) is 8.49. The summed E-state index contributed by atoms with van der Waals surface area (Å²) in [6.07, 6.45) is 0.998. The summed E-state index contributed by atoms with van der Waals surface area (Å²) in [6.45, 7) is 5.00. The molecule has 7 heteroatoms. The number of nitrogens with zero attached hydrogens (tertiary/aromatic N) is 1. The molecule has 4 rings (SSSR count). The monoisotopic (exact) mass is 396 g/mol. The zero-order valence-corrected chi connectivity index (χ0v) is 16.7. The number of nitrogens with one attached hydrogen (secondary N) is 1. The minimum atomic E-state index is -0.711. The molecule has 1 aromatic carbocycles. The number of allylic oxidation sites excluding steroid dienone is 2. The molecular formula is C22H24N2O5. The number of methoxy groups -OCH3 is 1. The van der Waals surface area contributed by atoms with Gasteiger partial charge in [-0.05, 0) is 29.5 Å². The number of piperazine rings is 1. The van der Waals surface area contributed by atoms with Crippen LogP contribution in [0.1, 0.15) is 38.2 Å². The first kappa shape index (κ1) is 19.2. The zero-order chi connectivity index (χ0) is 20.9. The fourth-order valence-electron chi connectivity index (χ4n) is 4.61. The molecule has 1 aliphatic carbocycles. The Kier molecular flexibility index (Phi) is 4.48. The van der Waals surface area contributed by atoms with Crippen molar-refractivity contribution >= 4 is 17.7 Å². The van der Waals surface area contributed by atoms with Crippen molar-refractivity contribution in [3.63, 3.8) is 0 Å².